The minimum atomic E-state index is -1.15. The van der Waals surface area contributed by atoms with Crippen LogP contribution in [0.4, 0.5) is 0 Å². The third-order valence-corrected chi connectivity index (χ3v) is 5.76. The van der Waals surface area contributed by atoms with Crippen LogP contribution in [0, 0.1) is 5.92 Å². The van der Waals surface area contributed by atoms with Crippen LogP contribution in [0.2, 0.25) is 0 Å². The Balaban J connectivity index is 4.99. The third-order valence-electron chi connectivity index (χ3n) is 5.12. The zero-order valence-electron chi connectivity index (χ0n) is 19.0. The highest BCUT2D eigenvalue weighted by Gasteiger charge is 2.29. The van der Waals surface area contributed by atoms with Gasteiger partial charge in [-0.25, -0.2) is 4.79 Å². The number of amides is 3. The Hall–Kier alpha value is -1.85. The molecular weight excluding hydrogens is 422 g/mol. The van der Waals surface area contributed by atoms with Gasteiger partial charge in [-0.1, -0.05) is 20.3 Å². The van der Waals surface area contributed by atoms with Crippen LogP contribution in [0.1, 0.15) is 52.9 Å². The van der Waals surface area contributed by atoms with Gasteiger partial charge in [-0.15, -0.1) is 0 Å². The third kappa shape index (κ3) is 11.4. The molecule has 10 nitrogen and oxygen atoms in total. The van der Waals surface area contributed by atoms with Crippen LogP contribution in [0.5, 0.6) is 0 Å². The molecule has 5 atom stereocenters. The van der Waals surface area contributed by atoms with E-state index in [9.17, 15) is 24.3 Å². The number of carboxylic acids is 1. The quantitative estimate of drug-likeness (QED) is 0.171. The summed E-state index contributed by atoms with van der Waals surface area (Å²) in [4.78, 5) is 48.9. The summed E-state index contributed by atoms with van der Waals surface area (Å²) >= 11 is 1.52. The number of nitrogens with one attached hydrogen (secondary N) is 3. The van der Waals surface area contributed by atoms with Gasteiger partial charge in [-0.2, -0.15) is 11.8 Å². The van der Waals surface area contributed by atoms with Crippen LogP contribution >= 0.6 is 11.8 Å². The Morgan fingerprint density at radius 2 is 1.55 bits per heavy atom. The van der Waals surface area contributed by atoms with Crippen molar-refractivity contribution in [2.24, 2.45) is 17.4 Å². The molecule has 5 unspecified atom stereocenters. The summed E-state index contributed by atoms with van der Waals surface area (Å²) in [5, 5.41) is 17.0. The summed E-state index contributed by atoms with van der Waals surface area (Å²) in [7, 11) is 0. The zero-order chi connectivity index (χ0) is 24.0. The van der Waals surface area contributed by atoms with E-state index in [-0.39, 0.29) is 12.3 Å². The number of aliphatic carboxylic acids is 1. The van der Waals surface area contributed by atoms with Gasteiger partial charge in [-0.3, -0.25) is 14.4 Å². The van der Waals surface area contributed by atoms with Gasteiger partial charge < -0.3 is 32.5 Å². The molecule has 0 radical (unpaired) electrons. The van der Waals surface area contributed by atoms with E-state index in [1.807, 2.05) is 20.1 Å². The lowest BCUT2D eigenvalue weighted by molar-refractivity contribution is -0.142. The van der Waals surface area contributed by atoms with E-state index in [1.165, 1.54) is 18.7 Å². The Morgan fingerprint density at radius 1 is 0.935 bits per heavy atom. The molecule has 31 heavy (non-hydrogen) atoms. The van der Waals surface area contributed by atoms with Gasteiger partial charge in [0, 0.05) is 0 Å². The number of carbonyl (C=O) groups is 4. The molecule has 0 aromatic rings. The molecule has 0 rings (SSSR count). The van der Waals surface area contributed by atoms with Crippen LogP contribution in [-0.2, 0) is 19.2 Å². The van der Waals surface area contributed by atoms with Gasteiger partial charge in [-0.05, 0) is 57.1 Å². The molecule has 0 aliphatic carbocycles. The first-order chi connectivity index (χ1) is 14.6. The highest BCUT2D eigenvalue weighted by Crippen LogP contribution is 2.08. The lowest BCUT2D eigenvalue weighted by atomic mass is 9.99. The summed E-state index contributed by atoms with van der Waals surface area (Å²) in [6.45, 7) is 5.69. The van der Waals surface area contributed by atoms with Crippen molar-refractivity contribution in [2.45, 2.75) is 77.0 Å². The van der Waals surface area contributed by atoms with E-state index in [0.29, 0.717) is 31.6 Å². The second kappa shape index (κ2) is 15.9. The molecule has 0 aliphatic heterocycles. The van der Waals surface area contributed by atoms with Crippen molar-refractivity contribution in [3.8, 4) is 0 Å². The van der Waals surface area contributed by atoms with Crippen molar-refractivity contribution in [1.82, 2.24) is 16.0 Å². The van der Waals surface area contributed by atoms with E-state index in [0.717, 1.165) is 6.42 Å². The van der Waals surface area contributed by atoms with Crippen molar-refractivity contribution in [3.05, 3.63) is 0 Å². The maximum absolute atomic E-state index is 12.7. The molecule has 0 heterocycles. The Labute approximate surface area is 189 Å². The highest BCUT2D eigenvalue weighted by molar-refractivity contribution is 7.98. The highest BCUT2D eigenvalue weighted by atomic mass is 32.2. The molecule has 0 aliphatic rings. The largest absolute Gasteiger partial charge is 0.480 e. The molecule has 8 N–H and O–H groups in total. The summed E-state index contributed by atoms with van der Waals surface area (Å²) in [5.41, 5.74) is 11.4. The number of thioether (sulfide) groups is 1. The molecule has 0 fully saturated rings. The van der Waals surface area contributed by atoms with E-state index in [1.54, 1.807) is 0 Å². The van der Waals surface area contributed by atoms with Crippen molar-refractivity contribution in [1.29, 1.82) is 0 Å². The monoisotopic (exact) mass is 461 g/mol. The molecule has 180 valence electrons. The van der Waals surface area contributed by atoms with Crippen LogP contribution < -0.4 is 27.4 Å². The second-order valence-electron chi connectivity index (χ2n) is 7.67. The lowest BCUT2D eigenvalue weighted by Gasteiger charge is -2.24. The molecular formula is C20H39N5O5S. The average Bonchev–Trinajstić information content (AvgIpc) is 2.74. The number of rotatable bonds is 16. The van der Waals surface area contributed by atoms with E-state index in [2.05, 4.69) is 16.0 Å². The number of carboxylic acid groups (broad SMARTS) is 1. The van der Waals surface area contributed by atoms with Gasteiger partial charge in [0.15, 0.2) is 0 Å². The van der Waals surface area contributed by atoms with Crippen molar-refractivity contribution >= 4 is 35.5 Å². The van der Waals surface area contributed by atoms with Crippen LogP contribution in [0.3, 0.4) is 0 Å². The van der Waals surface area contributed by atoms with Crippen LogP contribution in [-0.4, -0.2) is 71.5 Å². The molecule has 0 bridgehead atoms. The van der Waals surface area contributed by atoms with Gasteiger partial charge >= 0.3 is 5.97 Å². The zero-order valence-corrected chi connectivity index (χ0v) is 19.8. The number of nitrogens with two attached hydrogens (primary N) is 2. The lowest BCUT2D eigenvalue weighted by Crippen LogP contribution is -2.57. The molecule has 0 saturated carbocycles. The summed E-state index contributed by atoms with van der Waals surface area (Å²) in [6.07, 6.45) is 4.45. The number of unbranched alkanes of at least 4 members (excludes halogenated alkanes) is 1. The fraction of sp³-hybridized carbons (Fsp3) is 0.800. The predicted molar refractivity (Wildman–Crippen MR) is 122 cm³/mol. The first-order valence-electron chi connectivity index (χ1n) is 10.7. The summed E-state index contributed by atoms with van der Waals surface area (Å²) in [6, 6.07) is -3.61. The first-order valence-corrected chi connectivity index (χ1v) is 12.1. The standard InChI is InChI=1S/C20H39N5O5S/c1-5-12(2)16(22)19(28)24-14(9-11-31-4)18(27)23-13(3)17(26)25-15(20(29)30)8-6-7-10-21/h12-16H,5-11,21-22H2,1-4H3,(H,23,27)(H,24,28)(H,25,26)(H,29,30). The molecule has 3 amide bonds. The number of hydrogen-bond acceptors (Lipinski definition) is 7. The SMILES string of the molecule is CCC(C)C(N)C(=O)NC(CCSC)C(=O)NC(C)C(=O)NC(CCCCN)C(=O)O. The van der Waals surface area contributed by atoms with Crippen LogP contribution in [0.15, 0.2) is 0 Å². The second-order valence-corrected chi connectivity index (χ2v) is 8.65. The minimum absolute atomic E-state index is 0.0406. The van der Waals surface area contributed by atoms with Crippen molar-refractivity contribution in [3.63, 3.8) is 0 Å². The minimum Gasteiger partial charge on any atom is -0.480 e. The summed E-state index contributed by atoms with van der Waals surface area (Å²) in [5.74, 6) is -2.11. The maximum Gasteiger partial charge on any atom is 0.326 e. The molecule has 11 heteroatoms. The topological polar surface area (TPSA) is 177 Å². The fourth-order valence-electron chi connectivity index (χ4n) is 2.71. The molecule has 0 aromatic carbocycles. The maximum atomic E-state index is 12.7. The molecule has 0 spiro atoms. The normalized spacial score (nSPS) is 15.8. The van der Waals surface area contributed by atoms with Gasteiger partial charge in [0.05, 0.1) is 6.04 Å². The van der Waals surface area contributed by atoms with E-state index in [4.69, 9.17) is 11.5 Å². The van der Waals surface area contributed by atoms with E-state index >= 15 is 0 Å². The number of carbonyl (C=O) groups excluding carboxylic acids is 3. The Morgan fingerprint density at radius 3 is 2.06 bits per heavy atom. The predicted octanol–water partition coefficient (Wildman–Crippen LogP) is -0.199. The smallest absolute Gasteiger partial charge is 0.326 e. The van der Waals surface area contributed by atoms with Gasteiger partial charge in [0.2, 0.25) is 17.7 Å². The van der Waals surface area contributed by atoms with Crippen LogP contribution in [0.25, 0.3) is 0 Å². The first kappa shape index (κ1) is 29.1. The Kier molecular flexibility index (Phi) is 14.9. The fourth-order valence-corrected chi connectivity index (χ4v) is 3.18. The summed E-state index contributed by atoms with van der Waals surface area (Å²) < 4.78 is 0. The Bertz CT molecular complexity index is 592. The van der Waals surface area contributed by atoms with Crippen molar-refractivity contribution < 1.29 is 24.3 Å². The average molecular weight is 462 g/mol. The van der Waals surface area contributed by atoms with Gasteiger partial charge in [0.25, 0.3) is 0 Å². The molecule has 0 aromatic heterocycles. The van der Waals surface area contributed by atoms with E-state index < -0.39 is 47.9 Å². The molecule has 0 saturated heterocycles. The van der Waals surface area contributed by atoms with Gasteiger partial charge in [0.1, 0.15) is 18.1 Å². The van der Waals surface area contributed by atoms with Crippen molar-refractivity contribution in [2.75, 3.05) is 18.6 Å². The number of hydrogen-bond donors (Lipinski definition) is 6.